The molecule has 0 N–H and O–H groups in total. The van der Waals surface area contributed by atoms with Crippen LogP contribution in [0.1, 0.15) is 0 Å². The zero-order valence-electron chi connectivity index (χ0n) is 4.24. The maximum atomic E-state index is 0. The summed E-state index contributed by atoms with van der Waals surface area (Å²) < 4.78 is 0. The van der Waals surface area contributed by atoms with E-state index >= 15 is 0 Å². The molecule has 0 saturated heterocycles. The van der Waals surface area contributed by atoms with E-state index in [1.165, 1.54) is 0 Å². The first-order valence-corrected chi connectivity index (χ1v) is 0. The van der Waals surface area contributed by atoms with Gasteiger partial charge in [0.2, 0.25) is 0 Å². The zero-order chi connectivity index (χ0) is 0. The molecule has 0 aliphatic heterocycles. The summed E-state index contributed by atoms with van der Waals surface area (Å²) in [7, 11) is 0. The quantitative estimate of drug-likeness (QED) is 0.219. The third kappa shape index (κ3) is 23.2. The first-order chi connectivity index (χ1) is 0. The predicted molar refractivity (Wildman–Crippen MR) is 51.3 cm³/mol. The molecule has 0 aromatic rings. The summed E-state index contributed by atoms with van der Waals surface area (Å²) in [6.45, 7) is 0. The fourth-order valence-corrected chi connectivity index (χ4v) is 0. The first kappa shape index (κ1) is 45.1. The van der Waals surface area contributed by atoms with Crippen molar-refractivity contribution in [1.29, 1.82) is 0 Å². The molecule has 0 fully saturated rings. The van der Waals surface area contributed by atoms with E-state index in [1.807, 2.05) is 0 Å². The van der Waals surface area contributed by atoms with Gasteiger partial charge in [0.05, 0.1) is 0 Å². The van der Waals surface area contributed by atoms with E-state index in [4.69, 9.17) is 0 Å². The van der Waals surface area contributed by atoms with Gasteiger partial charge in [-0.3, -0.25) is 0 Å². The van der Waals surface area contributed by atoms with Gasteiger partial charge in [-0.2, -0.15) is 0 Å². The van der Waals surface area contributed by atoms with Gasteiger partial charge in [0.25, 0.3) is 0 Å². The molecule has 0 amide bonds. The molecule has 0 aliphatic carbocycles. The molecule has 0 rings (SSSR count). The van der Waals surface area contributed by atoms with Gasteiger partial charge in [0.1, 0.15) is 0 Å². The molecule has 12 radical (unpaired) electrons. The Morgan fingerprint density at radius 2 is 0.167 bits per heavy atom. The summed E-state index contributed by atoms with van der Waals surface area (Å²) in [5, 5.41) is 0. The van der Waals surface area contributed by atoms with E-state index in [2.05, 4.69) is 0 Å². The van der Waals surface area contributed by atoms with Gasteiger partial charge < -0.3 is 0 Å². The Hall–Kier alpha value is 4.79. The van der Waals surface area contributed by atoms with Gasteiger partial charge in [-0.15, -0.1) is 0 Å². The molecule has 0 aliphatic rings. The van der Waals surface area contributed by atoms with Crippen LogP contribution in [0.5, 0.6) is 0 Å². The van der Waals surface area contributed by atoms with Crippen LogP contribution in [-0.2, 0) is 0 Å². The Morgan fingerprint density at radius 1 is 0.167 bits per heavy atom. The molecule has 0 spiro atoms. The molecule has 0 heterocycles. The van der Waals surface area contributed by atoms with Crippen LogP contribution >= 0.6 is 0 Å². The summed E-state index contributed by atoms with van der Waals surface area (Å²) >= 11 is 0. The third-order valence-electron chi connectivity index (χ3n) is 0. The van der Waals surface area contributed by atoms with Crippen molar-refractivity contribution in [3.63, 3.8) is 0 Å². The Kier molecular flexibility index (Phi) is 248. The second kappa shape index (κ2) is 33.0. The van der Waals surface area contributed by atoms with Crippen molar-refractivity contribution >= 4 is 143 Å². The Labute approximate surface area is 140 Å². The fraction of sp³-hybridized carbons (Fsp3) is 0. The molecule has 0 unspecified atom stereocenters. The monoisotopic (exact) mass is 732 g/mol. The summed E-state index contributed by atoms with van der Waals surface area (Å²) in [6.07, 6.45) is 0. The Morgan fingerprint density at radius 3 is 0.167 bits per heavy atom. The van der Waals surface area contributed by atoms with Crippen molar-refractivity contribution in [2.45, 2.75) is 0 Å². The Bertz CT molecular complexity index is 0. The van der Waals surface area contributed by atoms with Crippen molar-refractivity contribution < 1.29 is 0 Å². The van der Waals surface area contributed by atoms with Crippen LogP contribution in [0, 0.1) is 0 Å². The average molecular weight is 724 g/mol. The van der Waals surface area contributed by atoms with Crippen LogP contribution in [0.2, 0.25) is 0 Å². The standard InChI is InChI=1S/6Sn.12H. The van der Waals surface area contributed by atoms with Gasteiger partial charge in [-0.1, -0.05) is 0 Å². The third-order valence-corrected chi connectivity index (χ3v) is 0. The van der Waals surface area contributed by atoms with E-state index in [0.29, 0.717) is 0 Å². The molecule has 0 aromatic carbocycles. The van der Waals surface area contributed by atoms with E-state index < -0.39 is 0 Å². The number of hydrogen-bond acceptors (Lipinski definition) is 0. The van der Waals surface area contributed by atoms with Crippen molar-refractivity contribution in [1.82, 2.24) is 0 Å². The van der Waals surface area contributed by atoms with Gasteiger partial charge in [-0.25, -0.2) is 0 Å². The summed E-state index contributed by atoms with van der Waals surface area (Å²) in [5.41, 5.74) is 0. The second-order valence-corrected chi connectivity index (χ2v) is 0. The second-order valence-electron chi connectivity index (χ2n) is 0. The zero-order valence-corrected chi connectivity index (χ0v) is 28.5. The molecule has 0 atom stereocenters. The molecule has 6 heavy (non-hydrogen) atoms. The van der Waals surface area contributed by atoms with Crippen molar-refractivity contribution in [2.75, 3.05) is 0 Å². The maximum absolute atomic E-state index is 0. The van der Waals surface area contributed by atoms with E-state index in [-0.39, 0.29) is 143 Å². The number of hydrogen-bond donors (Lipinski definition) is 0. The van der Waals surface area contributed by atoms with Crippen LogP contribution in [0.4, 0.5) is 0 Å². The minimum absolute atomic E-state index is 0. The predicted octanol–water partition coefficient (Wildman–Crippen LogP) is -5.50. The summed E-state index contributed by atoms with van der Waals surface area (Å²) in [4.78, 5) is 0. The SMILES string of the molecule is [SnH2].[SnH2].[SnH2].[SnH2].[SnH2].[SnH2]. The molecule has 0 nitrogen and oxygen atoms in total. The number of rotatable bonds is 0. The van der Waals surface area contributed by atoms with Crippen LogP contribution in [0.15, 0.2) is 0 Å². The molecular weight excluding hydrogens is 712 g/mol. The van der Waals surface area contributed by atoms with E-state index in [0.717, 1.165) is 0 Å². The Balaban J connectivity index is 0. The fourth-order valence-electron chi connectivity index (χ4n) is 0. The van der Waals surface area contributed by atoms with Crippen LogP contribution in [-0.4, -0.2) is 143 Å². The van der Waals surface area contributed by atoms with Crippen molar-refractivity contribution in [3.8, 4) is 0 Å². The molecule has 0 saturated carbocycles. The normalized spacial score (nSPS) is 0. The van der Waals surface area contributed by atoms with Gasteiger partial charge in [-0.05, 0) is 0 Å². The topological polar surface area (TPSA) is 0 Å². The molecule has 6 heteroatoms. The van der Waals surface area contributed by atoms with Crippen LogP contribution in [0.3, 0.4) is 0 Å². The van der Waals surface area contributed by atoms with E-state index in [9.17, 15) is 0 Å². The first-order valence-electron chi connectivity index (χ1n) is 0. The van der Waals surface area contributed by atoms with Crippen LogP contribution < -0.4 is 0 Å². The van der Waals surface area contributed by atoms with Gasteiger partial charge in [0, 0.05) is 0 Å². The van der Waals surface area contributed by atoms with Gasteiger partial charge in [0.15, 0.2) is 0 Å². The molecular formula is H12Sn6. The van der Waals surface area contributed by atoms with Gasteiger partial charge >= 0.3 is 143 Å². The van der Waals surface area contributed by atoms with Crippen molar-refractivity contribution in [2.24, 2.45) is 0 Å². The van der Waals surface area contributed by atoms with Crippen molar-refractivity contribution in [3.05, 3.63) is 0 Å². The summed E-state index contributed by atoms with van der Waals surface area (Å²) in [5.74, 6) is 0. The van der Waals surface area contributed by atoms with E-state index in [1.54, 1.807) is 0 Å². The summed E-state index contributed by atoms with van der Waals surface area (Å²) in [6, 6.07) is 0. The molecule has 0 aromatic heterocycles. The average Bonchev–Trinajstić information content (AvgIpc) is 0. The molecule has 36 valence electrons. The minimum atomic E-state index is 0. The van der Waals surface area contributed by atoms with Crippen LogP contribution in [0.25, 0.3) is 0 Å². The molecule has 0 bridgehead atoms.